The van der Waals surface area contributed by atoms with E-state index in [0.29, 0.717) is 12.1 Å². The van der Waals surface area contributed by atoms with E-state index in [0.717, 1.165) is 6.08 Å². The predicted octanol–water partition coefficient (Wildman–Crippen LogP) is 3.29. The molecule has 11 nitrogen and oxygen atoms in total. The summed E-state index contributed by atoms with van der Waals surface area (Å²) in [5.41, 5.74) is 0.574. The highest BCUT2D eigenvalue weighted by Gasteiger charge is 2.34. The number of carbonyl (C=O) groups is 3. The van der Waals surface area contributed by atoms with Crippen LogP contribution < -0.4 is 16.0 Å². The van der Waals surface area contributed by atoms with Crippen molar-refractivity contribution in [2.24, 2.45) is 0 Å². The quantitative estimate of drug-likeness (QED) is 0.302. The van der Waals surface area contributed by atoms with Gasteiger partial charge in [-0.25, -0.2) is 8.42 Å². The van der Waals surface area contributed by atoms with Gasteiger partial charge in [0.1, 0.15) is 5.69 Å². The lowest BCUT2D eigenvalue weighted by Gasteiger charge is -2.17. The maximum atomic E-state index is 13.1. The third-order valence-electron chi connectivity index (χ3n) is 5.74. The van der Waals surface area contributed by atoms with E-state index in [2.05, 4.69) is 32.7 Å². The van der Waals surface area contributed by atoms with Crippen LogP contribution in [0.15, 0.2) is 66.2 Å². The van der Waals surface area contributed by atoms with Crippen LogP contribution in [0.1, 0.15) is 27.3 Å². The highest BCUT2D eigenvalue weighted by atomic mass is 35.5. The maximum Gasteiger partial charge on any atom is 0.271 e. The molecule has 4 rings (SSSR count). The zero-order chi connectivity index (χ0) is 27.4. The normalized spacial score (nSPS) is 15.6. The van der Waals surface area contributed by atoms with Crippen LogP contribution in [0.4, 0.5) is 11.4 Å². The van der Waals surface area contributed by atoms with Crippen LogP contribution in [0.2, 0.25) is 10.0 Å². The van der Waals surface area contributed by atoms with E-state index in [-0.39, 0.29) is 45.0 Å². The van der Waals surface area contributed by atoms with Gasteiger partial charge in [-0.15, -0.1) is 0 Å². The summed E-state index contributed by atoms with van der Waals surface area (Å²) in [7, 11) is -3.83. The molecular formula is C24H22Cl2N6O5S. The van der Waals surface area contributed by atoms with Crippen molar-refractivity contribution in [3.63, 3.8) is 0 Å². The molecule has 198 valence electrons. The summed E-state index contributed by atoms with van der Waals surface area (Å²) in [6, 6.07) is 9.90. The standard InChI is InChI=1S/C24H22Cl2N6O5S/c1-2-20(33)28-14-6-8-16(9-7-14)38(36,37)32-11-10-15(13-32)29-24(35)22-19(12-27-31-22)30-23(34)21-17(25)4-3-5-18(21)26/h2-9,12,15H,1,10-11,13H2,(H,27,31)(H,28,33)(H,29,35)(H,30,34). The van der Waals surface area contributed by atoms with Crippen LogP contribution in [-0.4, -0.2) is 59.8 Å². The average molecular weight is 577 g/mol. The number of hydrogen-bond acceptors (Lipinski definition) is 6. The molecule has 0 bridgehead atoms. The Morgan fingerprint density at radius 3 is 2.39 bits per heavy atom. The largest absolute Gasteiger partial charge is 0.347 e. The van der Waals surface area contributed by atoms with Crippen LogP contribution >= 0.6 is 23.2 Å². The van der Waals surface area contributed by atoms with Crippen molar-refractivity contribution >= 4 is 62.3 Å². The number of hydrogen-bond donors (Lipinski definition) is 4. The molecule has 0 spiro atoms. The van der Waals surface area contributed by atoms with Gasteiger partial charge in [-0.1, -0.05) is 35.8 Å². The number of amides is 3. The maximum absolute atomic E-state index is 13.1. The number of aromatic amines is 1. The molecule has 1 aromatic heterocycles. The molecule has 1 unspecified atom stereocenters. The van der Waals surface area contributed by atoms with Gasteiger partial charge >= 0.3 is 0 Å². The highest BCUT2D eigenvalue weighted by Crippen LogP contribution is 2.26. The molecule has 0 aliphatic carbocycles. The van der Waals surface area contributed by atoms with E-state index >= 15 is 0 Å². The molecule has 1 atom stereocenters. The number of benzene rings is 2. The van der Waals surface area contributed by atoms with E-state index in [1.807, 2.05) is 0 Å². The Labute approximate surface area is 228 Å². The molecule has 38 heavy (non-hydrogen) atoms. The molecule has 1 aliphatic rings. The Morgan fingerprint density at radius 2 is 1.74 bits per heavy atom. The average Bonchev–Trinajstić information content (AvgIpc) is 3.54. The summed E-state index contributed by atoms with van der Waals surface area (Å²) >= 11 is 12.2. The lowest BCUT2D eigenvalue weighted by molar-refractivity contribution is -0.111. The number of halogens is 2. The third kappa shape index (κ3) is 5.89. The number of sulfonamides is 1. The molecule has 3 aromatic rings. The first-order valence-corrected chi connectivity index (χ1v) is 13.4. The van der Waals surface area contributed by atoms with Crippen LogP contribution in [0, 0.1) is 0 Å². The van der Waals surface area contributed by atoms with E-state index in [1.54, 1.807) is 6.07 Å². The minimum absolute atomic E-state index is 0.0139. The van der Waals surface area contributed by atoms with Crippen molar-refractivity contribution in [3.8, 4) is 0 Å². The Kier molecular flexibility index (Phi) is 8.17. The lowest BCUT2D eigenvalue weighted by Crippen LogP contribution is -2.39. The number of H-pyrrole nitrogens is 1. The van der Waals surface area contributed by atoms with E-state index < -0.39 is 33.8 Å². The number of anilines is 2. The van der Waals surface area contributed by atoms with Crippen LogP contribution in [0.3, 0.4) is 0 Å². The highest BCUT2D eigenvalue weighted by molar-refractivity contribution is 7.89. The summed E-state index contributed by atoms with van der Waals surface area (Å²) in [6.45, 7) is 3.61. The zero-order valence-corrected chi connectivity index (χ0v) is 22.0. The SMILES string of the molecule is C=CC(=O)Nc1ccc(S(=O)(=O)N2CCC(NC(=O)c3[nH]ncc3NC(=O)c3c(Cl)cccc3Cl)C2)cc1. The fourth-order valence-electron chi connectivity index (χ4n) is 3.83. The van der Waals surface area contributed by atoms with Crippen molar-refractivity contribution in [1.82, 2.24) is 19.8 Å². The second-order valence-electron chi connectivity index (χ2n) is 8.25. The third-order valence-corrected chi connectivity index (χ3v) is 8.24. The minimum atomic E-state index is -3.83. The Balaban J connectivity index is 1.39. The van der Waals surface area contributed by atoms with Gasteiger partial charge in [0, 0.05) is 24.8 Å². The van der Waals surface area contributed by atoms with Gasteiger partial charge in [0.15, 0.2) is 0 Å². The minimum Gasteiger partial charge on any atom is -0.347 e. The fraction of sp³-hybridized carbons (Fsp3) is 0.167. The zero-order valence-electron chi connectivity index (χ0n) is 19.7. The summed E-state index contributed by atoms with van der Waals surface area (Å²) in [4.78, 5) is 37.1. The van der Waals surface area contributed by atoms with Gasteiger partial charge in [-0.3, -0.25) is 19.5 Å². The molecule has 1 fully saturated rings. The van der Waals surface area contributed by atoms with E-state index in [4.69, 9.17) is 23.2 Å². The van der Waals surface area contributed by atoms with Gasteiger partial charge in [0.25, 0.3) is 11.8 Å². The smallest absolute Gasteiger partial charge is 0.271 e. The van der Waals surface area contributed by atoms with Gasteiger partial charge < -0.3 is 16.0 Å². The molecule has 2 aromatic carbocycles. The molecular weight excluding hydrogens is 555 g/mol. The number of rotatable bonds is 8. The first kappa shape index (κ1) is 27.3. The second kappa shape index (κ2) is 11.4. The van der Waals surface area contributed by atoms with Crippen LogP contribution in [0.5, 0.6) is 0 Å². The fourth-order valence-corrected chi connectivity index (χ4v) is 5.90. The van der Waals surface area contributed by atoms with Crippen LogP contribution in [-0.2, 0) is 14.8 Å². The van der Waals surface area contributed by atoms with Gasteiger partial charge in [-0.2, -0.15) is 9.40 Å². The van der Waals surface area contributed by atoms with Gasteiger partial charge in [0.05, 0.1) is 32.4 Å². The van der Waals surface area contributed by atoms with Crippen molar-refractivity contribution in [1.29, 1.82) is 0 Å². The van der Waals surface area contributed by atoms with Crippen molar-refractivity contribution in [2.75, 3.05) is 23.7 Å². The molecule has 2 heterocycles. The molecule has 3 amide bonds. The Morgan fingerprint density at radius 1 is 1.05 bits per heavy atom. The van der Waals surface area contributed by atoms with Gasteiger partial charge in [-0.05, 0) is 48.9 Å². The monoisotopic (exact) mass is 576 g/mol. The Hall–Kier alpha value is -3.71. The summed E-state index contributed by atoms with van der Waals surface area (Å²) < 4.78 is 27.4. The molecule has 0 saturated carbocycles. The molecule has 1 saturated heterocycles. The topological polar surface area (TPSA) is 153 Å². The summed E-state index contributed by atoms with van der Waals surface area (Å²) in [5, 5.41) is 14.6. The number of carbonyl (C=O) groups excluding carboxylic acids is 3. The number of nitrogens with one attached hydrogen (secondary N) is 4. The first-order valence-electron chi connectivity index (χ1n) is 11.2. The molecule has 4 N–H and O–H groups in total. The van der Waals surface area contributed by atoms with Crippen molar-refractivity contribution < 1.29 is 22.8 Å². The Bertz CT molecular complexity index is 1490. The van der Waals surface area contributed by atoms with E-state index in [1.165, 1.54) is 46.9 Å². The first-order chi connectivity index (χ1) is 18.1. The van der Waals surface area contributed by atoms with E-state index in [9.17, 15) is 22.8 Å². The second-order valence-corrected chi connectivity index (χ2v) is 11.0. The summed E-state index contributed by atoms with van der Waals surface area (Å²) in [5.74, 6) is -1.61. The molecule has 1 aliphatic heterocycles. The van der Waals surface area contributed by atoms with Crippen LogP contribution in [0.25, 0.3) is 0 Å². The van der Waals surface area contributed by atoms with Crippen molar-refractivity contribution in [2.45, 2.75) is 17.4 Å². The summed E-state index contributed by atoms with van der Waals surface area (Å²) in [6.07, 6.45) is 2.76. The number of nitrogens with zero attached hydrogens (tertiary/aromatic N) is 2. The lowest BCUT2D eigenvalue weighted by atomic mass is 10.2. The predicted molar refractivity (Wildman–Crippen MR) is 143 cm³/mol. The molecule has 0 radical (unpaired) electrons. The van der Waals surface area contributed by atoms with Gasteiger partial charge in [0.2, 0.25) is 15.9 Å². The van der Waals surface area contributed by atoms with Crippen molar-refractivity contribution in [3.05, 3.63) is 82.6 Å². The molecule has 14 heteroatoms. The number of aromatic nitrogens is 2.